The topological polar surface area (TPSA) is 68.2 Å². The quantitative estimate of drug-likeness (QED) is 0.606. The fraction of sp³-hybridized carbons (Fsp3) is 0.636. The Morgan fingerprint density at radius 1 is 1.37 bits per heavy atom. The highest BCUT2D eigenvalue weighted by molar-refractivity contribution is 7.99. The van der Waals surface area contributed by atoms with Crippen LogP contribution in [0.4, 0.5) is 5.95 Å². The third-order valence-electron chi connectivity index (χ3n) is 2.59. The van der Waals surface area contributed by atoms with Gasteiger partial charge in [-0.2, -0.15) is 15.0 Å². The third kappa shape index (κ3) is 4.21. The lowest BCUT2D eigenvalue weighted by Gasteiger charge is -2.15. The molecule has 19 heavy (non-hydrogen) atoms. The van der Waals surface area contributed by atoms with Crippen molar-refractivity contribution < 1.29 is 9.53 Å². The number of carbonyl (C=O) groups is 1. The molecular formula is C11H15ClN4O2S. The number of hydrogen-bond donors (Lipinski definition) is 0. The molecule has 0 atom stereocenters. The fourth-order valence-electron chi connectivity index (χ4n) is 1.77. The summed E-state index contributed by atoms with van der Waals surface area (Å²) in [6, 6.07) is 0. The summed E-state index contributed by atoms with van der Waals surface area (Å²) in [4.78, 5) is 25.8. The van der Waals surface area contributed by atoms with Crippen molar-refractivity contribution in [1.29, 1.82) is 0 Å². The van der Waals surface area contributed by atoms with E-state index in [4.69, 9.17) is 16.3 Å². The van der Waals surface area contributed by atoms with Crippen molar-refractivity contribution in [3.05, 3.63) is 5.28 Å². The van der Waals surface area contributed by atoms with Gasteiger partial charge in [-0.25, -0.2) is 0 Å². The second-order valence-corrected chi connectivity index (χ2v) is 5.26. The number of rotatable bonds is 5. The van der Waals surface area contributed by atoms with Crippen molar-refractivity contribution in [2.24, 2.45) is 0 Å². The molecule has 8 heteroatoms. The Kier molecular flexibility index (Phi) is 5.21. The van der Waals surface area contributed by atoms with Crippen molar-refractivity contribution >= 4 is 35.3 Å². The largest absolute Gasteiger partial charge is 0.465 e. The molecule has 0 unspecified atom stereocenters. The van der Waals surface area contributed by atoms with E-state index in [1.165, 1.54) is 11.8 Å². The second kappa shape index (κ2) is 6.91. The molecule has 1 aliphatic rings. The molecule has 1 aliphatic heterocycles. The van der Waals surface area contributed by atoms with E-state index in [0.29, 0.717) is 17.7 Å². The van der Waals surface area contributed by atoms with Crippen LogP contribution in [0.25, 0.3) is 0 Å². The average molecular weight is 303 g/mol. The van der Waals surface area contributed by atoms with Gasteiger partial charge < -0.3 is 9.64 Å². The van der Waals surface area contributed by atoms with Gasteiger partial charge in [0.15, 0.2) is 5.16 Å². The standard InChI is InChI=1S/C11H15ClN4O2S/c1-2-18-8(17)7-19-11-14-9(12)13-10(15-11)16-5-3-4-6-16/h2-7H2,1H3. The molecule has 0 radical (unpaired) electrons. The lowest BCUT2D eigenvalue weighted by Crippen LogP contribution is -2.21. The predicted molar refractivity (Wildman–Crippen MR) is 73.6 cm³/mol. The third-order valence-corrected chi connectivity index (χ3v) is 3.58. The van der Waals surface area contributed by atoms with E-state index in [1.807, 2.05) is 0 Å². The van der Waals surface area contributed by atoms with Gasteiger partial charge in [-0.15, -0.1) is 0 Å². The Bertz CT molecular complexity index is 454. The van der Waals surface area contributed by atoms with E-state index >= 15 is 0 Å². The number of anilines is 1. The van der Waals surface area contributed by atoms with Gasteiger partial charge in [0.25, 0.3) is 0 Å². The Morgan fingerprint density at radius 3 is 2.79 bits per heavy atom. The molecule has 0 N–H and O–H groups in total. The van der Waals surface area contributed by atoms with Crippen LogP contribution < -0.4 is 4.90 Å². The minimum Gasteiger partial charge on any atom is -0.465 e. The highest BCUT2D eigenvalue weighted by atomic mass is 35.5. The number of halogens is 1. The van der Waals surface area contributed by atoms with Crippen LogP contribution in [0.15, 0.2) is 5.16 Å². The van der Waals surface area contributed by atoms with E-state index < -0.39 is 0 Å². The van der Waals surface area contributed by atoms with Crippen molar-refractivity contribution in [1.82, 2.24) is 15.0 Å². The molecule has 0 amide bonds. The van der Waals surface area contributed by atoms with Gasteiger partial charge in [0, 0.05) is 13.1 Å². The first kappa shape index (κ1) is 14.3. The number of nitrogens with zero attached hydrogens (tertiary/aromatic N) is 4. The normalized spacial score (nSPS) is 14.7. The van der Waals surface area contributed by atoms with Gasteiger partial charge in [0.05, 0.1) is 12.4 Å². The zero-order chi connectivity index (χ0) is 13.7. The lowest BCUT2D eigenvalue weighted by atomic mass is 10.4. The maximum absolute atomic E-state index is 11.3. The van der Waals surface area contributed by atoms with Crippen molar-refractivity contribution in [2.75, 3.05) is 30.3 Å². The van der Waals surface area contributed by atoms with Gasteiger partial charge in [-0.05, 0) is 31.4 Å². The molecular weight excluding hydrogens is 288 g/mol. The smallest absolute Gasteiger partial charge is 0.316 e. The summed E-state index contributed by atoms with van der Waals surface area (Å²) in [7, 11) is 0. The van der Waals surface area contributed by atoms with E-state index in [1.54, 1.807) is 6.92 Å². The molecule has 0 bridgehead atoms. The Labute approximate surface area is 120 Å². The van der Waals surface area contributed by atoms with E-state index in [9.17, 15) is 4.79 Å². The van der Waals surface area contributed by atoms with Gasteiger partial charge >= 0.3 is 5.97 Å². The monoisotopic (exact) mass is 302 g/mol. The van der Waals surface area contributed by atoms with Crippen LogP contribution in [-0.2, 0) is 9.53 Å². The molecule has 2 heterocycles. The van der Waals surface area contributed by atoms with Gasteiger partial charge in [0.1, 0.15) is 0 Å². The molecule has 6 nitrogen and oxygen atoms in total. The molecule has 2 rings (SSSR count). The van der Waals surface area contributed by atoms with Gasteiger partial charge in [-0.3, -0.25) is 4.79 Å². The van der Waals surface area contributed by atoms with Crippen molar-refractivity contribution in [3.63, 3.8) is 0 Å². The van der Waals surface area contributed by atoms with Crippen LogP contribution in [0.5, 0.6) is 0 Å². The maximum atomic E-state index is 11.3. The first-order valence-electron chi connectivity index (χ1n) is 6.14. The minimum absolute atomic E-state index is 0.156. The second-order valence-electron chi connectivity index (χ2n) is 3.97. The molecule has 104 valence electrons. The SMILES string of the molecule is CCOC(=O)CSc1nc(Cl)nc(N2CCCC2)n1. The first-order valence-corrected chi connectivity index (χ1v) is 7.50. The summed E-state index contributed by atoms with van der Waals surface area (Å²) >= 11 is 7.09. The van der Waals surface area contributed by atoms with Crippen LogP contribution in [0.2, 0.25) is 5.28 Å². The van der Waals surface area contributed by atoms with Crippen molar-refractivity contribution in [2.45, 2.75) is 24.9 Å². The highest BCUT2D eigenvalue weighted by Crippen LogP contribution is 2.21. The molecule has 0 spiro atoms. The van der Waals surface area contributed by atoms with Gasteiger partial charge in [0.2, 0.25) is 11.2 Å². The number of ether oxygens (including phenoxy) is 1. The molecule has 0 aliphatic carbocycles. The molecule has 0 saturated carbocycles. The average Bonchev–Trinajstić information content (AvgIpc) is 2.90. The maximum Gasteiger partial charge on any atom is 0.316 e. The first-order chi connectivity index (χ1) is 9.19. The van der Waals surface area contributed by atoms with Crippen LogP contribution in [0, 0.1) is 0 Å². The summed E-state index contributed by atoms with van der Waals surface area (Å²) in [5.74, 6) is 0.476. The molecule has 0 aromatic carbocycles. The number of esters is 1. The van der Waals surface area contributed by atoms with Gasteiger partial charge in [-0.1, -0.05) is 11.8 Å². The fourth-order valence-corrected chi connectivity index (χ4v) is 2.60. The molecule has 1 fully saturated rings. The summed E-state index contributed by atoms with van der Waals surface area (Å²) < 4.78 is 4.85. The predicted octanol–water partition coefficient (Wildman–Crippen LogP) is 1.78. The number of thioether (sulfide) groups is 1. The minimum atomic E-state index is -0.285. The summed E-state index contributed by atoms with van der Waals surface area (Å²) in [5.41, 5.74) is 0. The van der Waals surface area contributed by atoms with Crippen molar-refractivity contribution in [3.8, 4) is 0 Å². The van der Waals surface area contributed by atoms with E-state index in [-0.39, 0.29) is 17.0 Å². The number of aromatic nitrogens is 3. The molecule has 1 aromatic heterocycles. The van der Waals surface area contributed by atoms with Crippen LogP contribution in [0.1, 0.15) is 19.8 Å². The number of hydrogen-bond acceptors (Lipinski definition) is 7. The Balaban J connectivity index is 2.02. The number of carbonyl (C=O) groups excluding carboxylic acids is 1. The Morgan fingerprint density at radius 2 is 2.11 bits per heavy atom. The summed E-state index contributed by atoms with van der Waals surface area (Å²) in [6.07, 6.45) is 2.27. The molecule has 1 aromatic rings. The van der Waals surface area contributed by atoms with Crippen LogP contribution in [0.3, 0.4) is 0 Å². The Hall–Kier alpha value is -1.08. The molecule has 1 saturated heterocycles. The van der Waals surface area contributed by atoms with Crippen LogP contribution in [-0.4, -0.2) is 46.4 Å². The zero-order valence-corrected chi connectivity index (χ0v) is 12.2. The summed E-state index contributed by atoms with van der Waals surface area (Å²) in [5, 5.41) is 0.609. The van der Waals surface area contributed by atoms with E-state index in [2.05, 4.69) is 19.9 Å². The van der Waals surface area contributed by atoms with Crippen LogP contribution >= 0.6 is 23.4 Å². The van der Waals surface area contributed by atoms with E-state index in [0.717, 1.165) is 25.9 Å². The summed E-state index contributed by atoms with van der Waals surface area (Å²) in [6.45, 7) is 4.01. The zero-order valence-electron chi connectivity index (χ0n) is 10.6. The lowest BCUT2D eigenvalue weighted by molar-refractivity contribution is -0.139. The highest BCUT2D eigenvalue weighted by Gasteiger charge is 2.17.